The number of ether oxygens (including phenoxy) is 2. The van der Waals surface area contributed by atoms with E-state index in [-0.39, 0.29) is 17.8 Å². The van der Waals surface area contributed by atoms with Gasteiger partial charge < -0.3 is 14.4 Å². The van der Waals surface area contributed by atoms with Crippen molar-refractivity contribution < 1.29 is 18.7 Å². The van der Waals surface area contributed by atoms with Crippen LogP contribution < -0.4 is 0 Å². The zero-order valence-corrected chi connectivity index (χ0v) is 17.0. The molecule has 0 unspecified atom stereocenters. The van der Waals surface area contributed by atoms with Crippen molar-refractivity contribution in [2.45, 2.75) is 25.5 Å². The number of carbonyl (C=O) groups excluding carboxylic acids is 1. The third-order valence-electron chi connectivity index (χ3n) is 5.03. The summed E-state index contributed by atoms with van der Waals surface area (Å²) in [5.74, 6) is 0.778. The monoisotopic (exact) mass is 413 g/mol. The van der Waals surface area contributed by atoms with E-state index < -0.39 is 0 Å². The van der Waals surface area contributed by atoms with Crippen molar-refractivity contribution in [1.82, 2.24) is 4.90 Å². The van der Waals surface area contributed by atoms with E-state index in [1.54, 1.807) is 28.8 Å². The van der Waals surface area contributed by atoms with E-state index in [2.05, 4.69) is 0 Å². The van der Waals surface area contributed by atoms with Gasteiger partial charge in [-0.05, 0) is 36.1 Å². The van der Waals surface area contributed by atoms with Crippen LogP contribution in [0, 0.1) is 5.82 Å². The molecule has 1 amide bonds. The summed E-state index contributed by atoms with van der Waals surface area (Å²) in [7, 11) is 0. The molecule has 2 aromatic rings. The topological polar surface area (TPSA) is 38.8 Å². The molecule has 2 heterocycles. The third kappa shape index (κ3) is 5.00. The third-order valence-corrected chi connectivity index (χ3v) is 6.12. The normalized spacial score (nSPS) is 19.1. The molecule has 0 N–H and O–H groups in total. The predicted octanol–water partition coefficient (Wildman–Crippen LogP) is 4.47. The Morgan fingerprint density at radius 1 is 1.10 bits per heavy atom. The highest BCUT2D eigenvalue weighted by Crippen LogP contribution is 2.35. The number of hydrogen-bond donors (Lipinski definition) is 0. The molecule has 0 bridgehead atoms. The summed E-state index contributed by atoms with van der Waals surface area (Å²) in [6.07, 6.45) is 1.97. The zero-order valence-electron chi connectivity index (χ0n) is 16.2. The Bertz CT molecular complexity index is 863. The molecule has 0 spiro atoms. The van der Waals surface area contributed by atoms with Gasteiger partial charge in [-0.25, -0.2) is 4.39 Å². The van der Waals surface area contributed by atoms with Crippen LogP contribution in [0.15, 0.2) is 60.4 Å². The Balaban J connectivity index is 1.63. The Hall–Kier alpha value is -2.31. The minimum atomic E-state index is -0.285. The molecule has 1 saturated heterocycles. The van der Waals surface area contributed by atoms with Crippen LogP contribution in [0.1, 0.15) is 24.0 Å². The smallest absolute Gasteiger partial charge is 0.290 e. The van der Waals surface area contributed by atoms with Gasteiger partial charge in [-0.2, -0.15) is 0 Å². The van der Waals surface area contributed by atoms with E-state index in [1.807, 2.05) is 30.3 Å². The molecule has 1 fully saturated rings. The average molecular weight is 414 g/mol. The number of benzene rings is 2. The quantitative estimate of drug-likeness (QED) is 0.701. The van der Waals surface area contributed by atoms with Gasteiger partial charge in [-0.3, -0.25) is 4.79 Å². The average Bonchev–Trinajstić information content (AvgIpc) is 3.28. The molecule has 2 aliphatic rings. The number of nitrogens with zero attached hydrogens (tertiary/aromatic N) is 1. The van der Waals surface area contributed by atoms with Crippen molar-refractivity contribution in [3.05, 3.63) is 77.3 Å². The minimum absolute atomic E-state index is 0.0245. The molecule has 29 heavy (non-hydrogen) atoms. The Morgan fingerprint density at radius 2 is 1.90 bits per heavy atom. The Morgan fingerprint density at radius 3 is 2.62 bits per heavy atom. The summed E-state index contributed by atoms with van der Waals surface area (Å²) in [5, 5.41) is 0. The molecule has 0 aromatic heterocycles. The lowest BCUT2D eigenvalue weighted by molar-refractivity contribution is -0.132. The predicted molar refractivity (Wildman–Crippen MR) is 113 cm³/mol. The Kier molecular flexibility index (Phi) is 6.52. The molecule has 0 radical (unpaired) electrons. The first kappa shape index (κ1) is 20.0. The molecule has 4 rings (SSSR count). The van der Waals surface area contributed by atoms with Gasteiger partial charge in [0, 0.05) is 25.4 Å². The highest BCUT2D eigenvalue weighted by molar-refractivity contribution is 8.08. The SMILES string of the molecule is O=C(C1=C(c2ccccc2)SCCO1)N(Cc1ccc(F)cc1)C[C@@H]1CCCO1. The van der Waals surface area contributed by atoms with E-state index >= 15 is 0 Å². The van der Waals surface area contributed by atoms with Crippen molar-refractivity contribution in [3.63, 3.8) is 0 Å². The molecule has 6 heteroatoms. The van der Waals surface area contributed by atoms with E-state index in [0.717, 1.165) is 41.2 Å². The van der Waals surface area contributed by atoms with Gasteiger partial charge in [0.1, 0.15) is 5.82 Å². The molecular formula is C23H24FNO3S. The summed E-state index contributed by atoms with van der Waals surface area (Å²) in [5.41, 5.74) is 1.86. The second-order valence-electron chi connectivity index (χ2n) is 7.17. The van der Waals surface area contributed by atoms with E-state index in [0.29, 0.717) is 25.5 Å². The minimum Gasteiger partial charge on any atom is -0.486 e. The lowest BCUT2D eigenvalue weighted by Gasteiger charge is -2.29. The van der Waals surface area contributed by atoms with Crippen LogP contribution in [-0.4, -0.2) is 42.4 Å². The van der Waals surface area contributed by atoms with Crippen molar-refractivity contribution >= 4 is 22.6 Å². The number of amides is 1. The van der Waals surface area contributed by atoms with Gasteiger partial charge in [0.2, 0.25) is 0 Å². The fourth-order valence-corrected chi connectivity index (χ4v) is 4.54. The molecule has 4 nitrogen and oxygen atoms in total. The van der Waals surface area contributed by atoms with E-state index in [9.17, 15) is 9.18 Å². The standard InChI is InChI=1S/C23H24FNO3S/c24-19-10-8-17(9-11-19)15-25(16-20-7-4-12-27-20)23(26)21-22(29-14-13-28-21)18-5-2-1-3-6-18/h1-3,5-6,8-11,20H,4,7,12-16H2/t20-/m0/s1. The number of rotatable bonds is 6. The van der Waals surface area contributed by atoms with Crippen LogP contribution in [0.5, 0.6) is 0 Å². The maximum Gasteiger partial charge on any atom is 0.290 e. The molecule has 1 atom stereocenters. The second kappa shape index (κ2) is 9.46. The summed E-state index contributed by atoms with van der Waals surface area (Å²) < 4.78 is 25.0. The molecule has 152 valence electrons. The first-order chi connectivity index (χ1) is 14.2. The van der Waals surface area contributed by atoms with E-state index in [1.165, 1.54) is 12.1 Å². The van der Waals surface area contributed by atoms with Gasteiger partial charge in [-0.15, -0.1) is 11.8 Å². The second-order valence-corrected chi connectivity index (χ2v) is 8.27. The molecule has 2 aliphatic heterocycles. The summed E-state index contributed by atoms with van der Waals surface area (Å²) in [4.78, 5) is 16.2. The Labute approximate surface area is 174 Å². The van der Waals surface area contributed by atoms with Crippen molar-refractivity contribution in [2.75, 3.05) is 25.5 Å². The van der Waals surface area contributed by atoms with Crippen LogP contribution >= 0.6 is 11.8 Å². The van der Waals surface area contributed by atoms with Crippen molar-refractivity contribution in [1.29, 1.82) is 0 Å². The number of halogens is 1. The molecule has 0 aliphatic carbocycles. The fraction of sp³-hybridized carbons (Fsp3) is 0.348. The first-order valence-corrected chi connectivity index (χ1v) is 10.9. The fourth-order valence-electron chi connectivity index (χ4n) is 3.59. The maximum absolute atomic E-state index is 13.5. The van der Waals surface area contributed by atoms with Crippen molar-refractivity contribution in [3.8, 4) is 0 Å². The number of thioether (sulfide) groups is 1. The maximum atomic E-state index is 13.5. The summed E-state index contributed by atoms with van der Waals surface area (Å²) in [6, 6.07) is 16.1. The molecular weight excluding hydrogens is 389 g/mol. The lowest BCUT2D eigenvalue weighted by atomic mass is 10.1. The zero-order chi connectivity index (χ0) is 20.1. The number of carbonyl (C=O) groups is 1. The number of hydrogen-bond acceptors (Lipinski definition) is 4. The summed E-state index contributed by atoms with van der Waals surface area (Å²) >= 11 is 1.65. The summed E-state index contributed by atoms with van der Waals surface area (Å²) in [6.45, 7) is 2.12. The van der Waals surface area contributed by atoms with E-state index in [4.69, 9.17) is 9.47 Å². The lowest BCUT2D eigenvalue weighted by Crippen LogP contribution is -2.39. The largest absolute Gasteiger partial charge is 0.486 e. The van der Waals surface area contributed by atoms with Crippen LogP contribution in [-0.2, 0) is 20.8 Å². The van der Waals surface area contributed by atoms with Gasteiger partial charge >= 0.3 is 0 Å². The van der Waals surface area contributed by atoms with Crippen LogP contribution in [0.25, 0.3) is 4.91 Å². The highest BCUT2D eigenvalue weighted by Gasteiger charge is 2.30. The van der Waals surface area contributed by atoms with Crippen molar-refractivity contribution in [2.24, 2.45) is 0 Å². The molecule has 2 aromatic carbocycles. The van der Waals surface area contributed by atoms with Crippen LogP contribution in [0.4, 0.5) is 4.39 Å². The van der Waals surface area contributed by atoms with Crippen LogP contribution in [0.2, 0.25) is 0 Å². The van der Waals surface area contributed by atoms with Gasteiger partial charge in [-0.1, -0.05) is 42.5 Å². The van der Waals surface area contributed by atoms with Crippen LogP contribution in [0.3, 0.4) is 0 Å². The van der Waals surface area contributed by atoms with Gasteiger partial charge in [0.25, 0.3) is 5.91 Å². The molecule has 0 saturated carbocycles. The van der Waals surface area contributed by atoms with Gasteiger partial charge in [0.15, 0.2) is 5.76 Å². The first-order valence-electron chi connectivity index (χ1n) is 9.91. The highest BCUT2D eigenvalue weighted by atomic mass is 32.2. The van der Waals surface area contributed by atoms with Gasteiger partial charge in [0.05, 0.1) is 17.6 Å².